The number of aliphatic hydroxyl groups is 5. The largest absolute Gasteiger partial charge is 0.390 e. The van der Waals surface area contributed by atoms with Gasteiger partial charge in [0.1, 0.15) is 6.10 Å². The van der Waals surface area contributed by atoms with E-state index in [1.807, 2.05) is 0 Å². The van der Waals surface area contributed by atoms with Crippen molar-refractivity contribution in [2.75, 3.05) is 6.54 Å². The van der Waals surface area contributed by atoms with Crippen molar-refractivity contribution in [3.63, 3.8) is 0 Å². The second kappa shape index (κ2) is 13.4. The maximum Gasteiger partial charge on any atom is 0.162 e. The third kappa shape index (κ3) is 5.33. The first-order valence-electron chi connectivity index (χ1n) is 22.2. The highest BCUT2D eigenvalue weighted by Crippen LogP contribution is 2.76. The highest BCUT2D eigenvalue weighted by molar-refractivity contribution is 6.00. The molecule has 7 aliphatic carbocycles. The summed E-state index contributed by atoms with van der Waals surface area (Å²) >= 11 is 0. The molecule has 0 aromatic heterocycles. The Morgan fingerprint density at radius 3 is 2.52 bits per heavy atom. The average molecular weight is 751 g/mol. The molecular formula is C45H70N2O7. The molecule has 0 aromatic rings. The molecule has 0 amide bonds. The van der Waals surface area contributed by atoms with Gasteiger partial charge in [-0.1, -0.05) is 52.2 Å². The van der Waals surface area contributed by atoms with Crippen LogP contribution in [0.3, 0.4) is 0 Å². The summed E-state index contributed by atoms with van der Waals surface area (Å²) in [5.41, 5.74) is 3.65. The van der Waals surface area contributed by atoms with Crippen LogP contribution < -0.4 is 11.1 Å². The van der Waals surface area contributed by atoms with E-state index in [-0.39, 0.29) is 54.1 Å². The Balaban J connectivity index is 1.09. The van der Waals surface area contributed by atoms with Gasteiger partial charge in [0.2, 0.25) is 0 Å². The van der Waals surface area contributed by atoms with E-state index in [1.165, 1.54) is 19.3 Å². The summed E-state index contributed by atoms with van der Waals surface area (Å²) in [6.07, 6.45) is 14.0. The zero-order valence-electron chi connectivity index (χ0n) is 33.3. The Bertz CT molecular complexity index is 1540. The van der Waals surface area contributed by atoms with Crippen LogP contribution in [0.1, 0.15) is 124 Å². The van der Waals surface area contributed by atoms with E-state index in [0.29, 0.717) is 43.9 Å². The van der Waals surface area contributed by atoms with Crippen molar-refractivity contribution in [1.82, 2.24) is 5.32 Å². The number of allylic oxidation sites excluding steroid dienone is 3. The average Bonchev–Trinajstić information content (AvgIpc) is 3.38. The van der Waals surface area contributed by atoms with Gasteiger partial charge in [0.25, 0.3) is 0 Å². The van der Waals surface area contributed by atoms with Crippen LogP contribution in [0.5, 0.6) is 0 Å². The van der Waals surface area contributed by atoms with Crippen molar-refractivity contribution in [2.45, 2.75) is 172 Å². The summed E-state index contributed by atoms with van der Waals surface area (Å²) in [5.74, 6) is 0.690. The van der Waals surface area contributed by atoms with Crippen molar-refractivity contribution in [3.8, 4) is 0 Å². The number of hydrogen-bond acceptors (Lipinski definition) is 9. The maximum absolute atomic E-state index is 15.0. The van der Waals surface area contributed by atoms with E-state index >= 15 is 0 Å². The molecule has 0 bridgehead atoms. The van der Waals surface area contributed by atoms with Crippen LogP contribution in [0, 0.1) is 70.0 Å². The highest BCUT2D eigenvalue weighted by Gasteiger charge is 2.76. The predicted octanol–water partition coefficient (Wildman–Crippen LogP) is 4.77. The Kier molecular flexibility index (Phi) is 9.54. The number of piperidine rings is 1. The number of carbonyl (C=O) groups is 1. The Morgan fingerprint density at radius 1 is 1.02 bits per heavy atom. The minimum atomic E-state index is -1.53. The number of Topliss-reactive ketones (excluding diaryl/α,β-unsaturated/α-hetero) is 1. The van der Waals surface area contributed by atoms with Gasteiger partial charge >= 0.3 is 0 Å². The molecule has 2 aliphatic heterocycles. The first kappa shape index (κ1) is 38.4. The lowest BCUT2D eigenvalue weighted by Crippen LogP contribution is -2.68. The molecule has 302 valence electrons. The number of ketones is 1. The maximum atomic E-state index is 15.0. The summed E-state index contributed by atoms with van der Waals surface area (Å²) in [5, 5.41) is 65.0. The standard InChI is InChI=1S/C45H70N2O7/c1-5-6-24-7-13-29-23(2)40(54-34(29)15-8-24)41(51)43(4,52)35-17-28-12-14-30-38-37-26(19-42(35,3)45(28,38)53)10-9-25(27-11-16-36(46)47-22-27)20-44(37)21-33(49)32(48)18-31(44)39(30)50/h9-10,23-29,31-37,40-41,47-49,51-53H,5-8,11-22,46H2,1-4H3. The molecular weight excluding hydrogens is 681 g/mol. The zero-order valence-corrected chi connectivity index (χ0v) is 33.3. The van der Waals surface area contributed by atoms with Gasteiger partial charge in [-0.05, 0) is 160 Å². The molecule has 54 heavy (non-hydrogen) atoms. The minimum Gasteiger partial charge on any atom is -0.390 e. The molecule has 6 fully saturated rings. The molecule has 2 heterocycles. The zero-order chi connectivity index (χ0) is 38.1. The molecule has 9 heteroatoms. The molecule has 4 saturated carbocycles. The van der Waals surface area contributed by atoms with Gasteiger partial charge in [-0.2, -0.15) is 0 Å². The molecule has 20 unspecified atom stereocenters. The number of hydrogen-bond donors (Lipinski definition) is 7. The fourth-order valence-electron chi connectivity index (χ4n) is 15.8. The van der Waals surface area contributed by atoms with Crippen molar-refractivity contribution in [1.29, 1.82) is 0 Å². The Labute approximate surface area is 323 Å². The van der Waals surface area contributed by atoms with Crippen molar-refractivity contribution in [3.05, 3.63) is 23.3 Å². The summed E-state index contributed by atoms with van der Waals surface area (Å²) in [6, 6.07) is 0. The predicted molar refractivity (Wildman–Crippen MR) is 205 cm³/mol. The fourth-order valence-corrected chi connectivity index (χ4v) is 15.8. The topological polar surface area (TPSA) is 165 Å². The van der Waals surface area contributed by atoms with Gasteiger partial charge in [0, 0.05) is 11.3 Å². The quantitative estimate of drug-likeness (QED) is 0.190. The fraction of sp³-hybridized carbons (Fsp3) is 0.889. The lowest BCUT2D eigenvalue weighted by Gasteiger charge is -2.66. The number of ether oxygens (including phenoxy) is 1. The van der Waals surface area contributed by atoms with Crippen LogP contribution in [0.2, 0.25) is 0 Å². The van der Waals surface area contributed by atoms with Crippen LogP contribution in [-0.4, -0.2) is 85.7 Å². The number of nitrogens with one attached hydrogen (secondary N) is 1. The van der Waals surface area contributed by atoms with Gasteiger partial charge < -0.3 is 41.3 Å². The SMILES string of the molecule is CCCC1CCC2OC(C(O)C(C)(O)C3CC4CCC5=C6C7C(C=CC(C8CCC(N)NC8)CC78CC(O)C(O)CC8C5=O)CC3(C)C64O)C(C)C2CC1. The molecule has 0 radical (unpaired) electrons. The molecule has 9 nitrogen and oxygen atoms in total. The molecule has 0 aromatic carbocycles. The lowest BCUT2D eigenvalue weighted by atomic mass is 9.39. The van der Waals surface area contributed by atoms with Crippen molar-refractivity contribution < 1.29 is 35.1 Å². The molecule has 1 spiro atoms. The monoisotopic (exact) mass is 751 g/mol. The molecule has 9 aliphatic rings. The van der Waals surface area contributed by atoms with E-state index in [0.717, 1.165) is 62.1 Å². The van der Waals surface area contributed by atoms with Crippen molar-refractivity contribution in [2.24, 2.45) is 75.7 Å². The third-order valence-corrected chi connectivity index (χ3v) is 18.5. The highest BCUT2D eigenvalue weighted by atomic mass is 16.5. The van der Waals surface area contributed by atoms with Gasteiger partial charge in [0.15, 0.2) is 5.78 Å². The van der Waals surface area contributed by atoms with Gasteiger partial charge in [-0.3, -0.25) is 4.79 Å². The Morgan fingerprint density at radius 2 is 1.78 bits per heavy atom. The normalized spacial score (nSPS) is 54.2. The van der Waals surface area contributed by atoms with Crippen LogP contribution in [-0.2, 0) is 9.53 Å². The molecule has 8 N–H and O–H groups in total. The third-order valence-electron chi connectivity index (χ3n) is 18.5. The molecule has 9 rings (SSSR count). The number of rotatable bonds is 6. The van der Waals surface area contributed by atoms with E-state index in [2.05, 4.69) is 38.2 Å². The first-order chi connectivity index (χ1) is 25.7. The van der Waals surface area contributed by atoms with E-state index in [9.17, 15) is 30.3 Å². The number of nitrogens with two attached hydrogens (primary N) is 1. The minimum absolute atomic E-state index is 0.0150. The van der Waals surface area contributed by atoms with Crippen LogP contribution in [0.25, 0.3) is 0 Å². The van der Waals surface area contributed by atoms with Gasteiger partial charge in [0.05, 0.1) is 41.8 Å². The molecule has 2 saturated heterocycles. The van der Waals surface area contributed by atoms with Crippen LogP contribution in [0.4, 0.5) is 0 Å². The van der Waals surface area contributed by atoms with Gasteiger partial charge in [-0.25, -0.2) is 0 Å². The van der Waals surface area contributed by atoms with Crippen molar-refractivity contribution >= 4 is 5.78 Å². The summed E-state index contributed by atoms with van der Waals surface area (Å²) < 4.78 is 6.79. The Hall–Kier alpha value is -1.17. The lowest BCUT2D eigenvalue weighted by molar-refractivity contribution is -0.208. The number of carbonyl (C=O) groups excluding carboxylic acids is 1. The van der Waals surface area contributed by atoms with E-state index in [1.54, 1.807) is 6.92 Å². The summed E-state index contributed by atoms with van der Waals surface area (Å²) in [6.45, 7) is 9.23. The van der Waals surface area contributed by atoms with E-state index in [4.69, 9.17) is 10.5 Å². The summed E-state index contributed by atoms with van der Waals surface area (Å²) in [4.78, 5) is 15.0. The number of fused-ring (bicyclic) bond motifs is 1. The molecule has 20 atom stereocenters. The first-order valence-corrected chi connectivity index (χ1v) is 22.2. The second-order valence-electron chi connectivity index (χ2n) is 20.9. The summed E-state index contributed by atoms with van der Waals surface area (Å²) in [7, 11) is 0. The number of aliphatic hydroxyl groups excluding tert-OH is 3. The smallest absolute Gasteiger partial charge is 0.162 e. The van der Waals surface area contributed by atoms with E-state index < -0.39 is 58.3 Å². The van der Waals surface area contributed by atoms with Crippen LogP contribution >= 0.6 is 0 Å². The second-order valence-corrected chi connectivity index (χ2v) is 20.9. The van der Waals surface area contributed by atoms with Gasteiger partial charge in [-0.15, -0.1) is 0 Å². The van der Waals surface area contributed by atoms with Crippen LogP contribution in [0.15, 0.2) is 23.3 Å².